The van der Waals surface area contributed by atoms with Gasteiger partial charge < -0.3 is 14.6 Å². The van der Waals surface area contributed by atoms with Crippen molar-refractivity contribution in [3.8, 4) is 17.1 Å². The molecule has 2 heterocycles. The Morgan fingerprint density at radius 1 is 1.17 bits per heavy atom. The van der Waals surface area contributed by atoms with Crippen molar-refractivity contribution in [2.24, 2.45) is 7.05 Å². The smallest absolute Gasteiger partial charge is 0.233 e. The number of nitrogens with zero attached hydrogens (tertiary/aromatic N) is 4. The molecule has 0 bridgehead atoms. The average Bonchev–Trinajstić information content (AvgIpc) is 2.95. The maximum absolute atomic E-state index is 12.2. The normalized spacial score (nSPS) is 14.9. The summed E-state index contributed by atoms with van der Waals surface area (Å²) in [6.45, 7) is 1.74. The van der Waals surface area contributed by atoms with E-state index in [4.69, 9.17) is 0 Å². The number of piperidine rings is 1. The molecule has 0 spiro atoms. The van der Waals surface area contributed by atoms with Crippen LogP contribution in [0.3, 0.4) is 0 Å². The molecule has 1 aromatic carbocycles. The quantitative estimate of drug-likeness (QED) is 0.870. The minimum absolute atomic E-state index is 0.170. The highest BCUT2D eigenvalue weighted by molar-refractivity contribution is 7.99. The molecule has 1 amide bonds. The third-order valence-electron chi connectivity index (χ3n) is 3.99. The van der Waals surface area contributed by atoms with Crippen LogP contribution in [0.15, 0.2) is 29.4 Å². The van der Waals surface area contributed by atoms with Crippen LogP contribution in [-0.2, 0) is 11.8 Å². The van der Waals surface area contributed by atoms with E-state index >= 15 is 0 Å². The van der Waals surface area contributed by atoms with Crippen molar-refractivity contribution >= 4 is 17.7 Å². The summed E-state index contributed by atoms with van der Waals surface area (Å²) in [6, 6.07) is 6.84. The van der Waals surface area contributed by atoms with E-state index in [1.807, 2.05) is 16.5 Å². The maximum Gasteiger partial charge on any atom is 0.233 e. The highest BCUT2D eigenvalue weighted by Gasteiger charge is 2.18. The maximum atomic E-state index is 12.2. The summed E-state index contributed by atoms with van der Waals surface area (Å²) in [4.78, 5) is 14.2. The summed E-state index contributed by atoms with van der Waals surface area (Å²) in [7, 11) is 1.88. The van der Waals surface area contributed by atoms with Gasteiger partial charge in [-0.1, -0.05) is 11.8 Å². The topological polar surface area (TPSA) is 71.2 Å². The minimum atomic E-state index is 0.170. The van der Waals surface area contributed by atoms with Crippen LogP contribution in [0.4, 0.5) is 0 Å². The fourth-order valence-electron chi connectivity index (χ4n) is 2.66. The van der Waals surface area contributed by atoms with Crippen LogP contribution in [0.1, 0.15) is 19.3 Å². The predicted molar refractivity (Wildman–Crippen MR) is 89.3 cm³/mol. The second-order valence-electron chi connectivity index (χ2n) is 5.64. The zero-order valence-corrected chi connectivity index (χ0v) is 13.9. The van der Waals surface area contributed by atoms with Crippen LogP contribution in [0, 0.1) is 0 Å². The number of carbonyl (C=O) groups excluding carboxylic acids is 1. The molecule has 1 fully saturated rings. The summed E-state index contributed by atoms with van der Waals surface area (Å²) >= 11 is 1.42. The lowest BCUT2D eigenvalue weighted by atomic mass is 10.1. The first-order valence-corrected chi connectivity index (χ1v) is 8.73. The van der Waals surface area contributed by atoms with Gasteiger partial charge in [-0.25, -0.2) is 0 Å². The van der Waals surface area contributed by atoms with Crippen molar-refractivity contribution in [3.63, 3.8) is 0 Å². The molecule has 0 radical (unpaired) electrons. The van der Waals surface area contributed by atoms with E-state index in [9.17, 15) is 9.90 Å². The fraction of sp³-hybridized carbons (Fsp3) is 0.438. The van der Waals surface area contributed by atoms with Crippen LogP contribution >= 0.6 is 11.8 Å². The SMILES string of the molecule is Cn1c(SCC(=O)N2CCCCC2)nnc1-c1ccc(O)cc1. The van der Waals surface area contributed by atoms with Crippen LogP contribution in [0.25, 0.3) is 11.4 Å². The monoisotopic (exact) mass is 332 g/mol. The highest BCUT2D eigenvalue weighted by atomic mass is 32.2. The fourth-order valence-corrected chi connectivity index (χ4v) is 3.48. The van der Waals surface area contributed by atoms with E-state index in [0.717, 1.165) is 42.5 Å². The standard InChI is InChI=1S/C16H20N4O2S/c1-19-15(12-5-7-13(21)8-6-12)17-18-16(19)23-11-14(22)20-9-3-2-4-10-20/h5-8,21H,2-4,9-11H2,1H3. The molecule has 3 rings (SSSR count). The summed E-state index contributed by atoms with van der Waals surface area (Å²) in [5.74, 6) is 1.50. The molecule has 6 nitrogen and oxygen atoms in total. The summed E-state index contributed by atoms with van der Waals surface area (Å²) in [5.41, 5.74) is 0.881. The number of likely N-dealkylation sites (tertiary alicyclic amines) is 1. The van der Waals surface area contributed by atoms with Gasteiger partial charge in [0.2, 0.25) is 5.91 Å². The molecule has 0 atom stereocenters. The Labute approximate surface area is 139 Å². The first kappa shape index (κ1) is 15.9. The molecule has 1 N–H and O–H groups in total. The van der Waals surface area contributed by atoms with E-state index in [-0.39, 0.29) is 11.7 Å². The van der Waals surface area contributed by atoms with E-state index in [0.29, 0.717) is 5.75 Å². The predicted octanol–water partition coefficient (Wildman–Crippen LogP) is 2.29. The van der Waals surface area contributed by atoms with Gasteiger partial charge >= 0.3 is 0 Å². The second kappa shape index (κ2) is 7.04. The van der Waals surface area contributed by atoms with E-state index in [2.05, 4.69) is 10.2 Å². The first-order valence-electron chi connectivity index (χ1n) is 7.74. The molecule has 122 valence electrons. The molecule has 0 saturated carbocycles. The first-order chi connectivity index (χ1) is 11.1. The van der Waals surface area contributed by atoms with E-state index in [1.165, 1.54) is 18.2 Å². The van der Waals surface area contributed by atoms with Gasteiger partial charge in [0.05, 0.1) is 5.75 Å². The third-order valence-corrected chi connectivity index (χ3v) is 5.00. The van der Waals surface area contributed by atoms with Crippen molar-refractivity contribution < 1.29 is 9.90 Å². The third kappa shape index (κ3) is 3.67. The molecular weight excluding hydrogens is 312 g/mol. The van der Waals surface area contributed by atoms with Crippen LogP contribution in [-0.4, -0.2) is 49.5 Å². The zero-order chi connectivity index (χ0) is 16.2. The Morgan fingerprint density at radius 2 is 1.87 bits per heavy atom. The van der Waals surface area contributed by atoms with Gasteiger partial charge in [-0.2, -0.15) is 0 Å². The lowest BCUT2D eigenvalue weighted by molar-refractivity contribution is -0.129. The molecule has 1 aliphatic rings. The van der Waals surface area contributed by atoms with Gasteiger partial charge in [0.25, 0.3) is 0 Å². The molecular formula is C16H20N4O2S. The van der Waals surface area contributed by atoms with Gasteiger partial charge in [0.15, 0.2) is 11.0 Å². The lowest BCUT2D eigenvalue weighted by Gasteiger charge is -2.26. The lowest BCUT2D eigenvalue weighted by Crippen LogP contribution is -2.36. The Bertz CT molecular complexity index is 678. The van der Waals surface area contributed by atoms with Crippen molar-refractivity contribution in [3.05, 3.63) is 24.3 Å². The molecule has 7 heteroatoms. The number of aromatic nitrogens is 3. The van der Waals surface area contributed by atoms with Gasteiger partial charge in [0, 0.05) is 25.7 Å². The number of hydrogen-bond donors (Lipinski definition) is 1. The van der Waals surface area contributed by atoms with Crippen LogP contribution < -0.4 is 0 Å². The molecule has 1 aliphatic heterocycles. The zero-order valence-electron chi connectivity index (χ0n) is 13.1. The Morgan fingerprint density at radius 3 is 2.57 bits per heavy atom. The number of carbonyl (C=O) groups is 1. The number of thioether (sulfide) groups is 1. The summed E-state index contributed by atoms with van der Waals surface area (Å²) in [5, 5.41) is 18.4. The van der Waals surface area contributed by atoms with Gasteiger partial charge in [-0.3, -0.25) is 4.79 Å². The van der Waals surface area contributed by atoms with Gasteiger partial charge in [-0.05, 0) is 43.5 Å². The molecule has 23 heavy (non-hydrogen) atoms. The summed E-state index contributed by atoms with van der Waals surface area (Å²) < 4.78 is 1.88. The van der Waals surface area contributed by atoms with Gasteiger partial charge in [0.1, 0.15) is 5.75 Å². The molecule has 2 aromatic rings. The number of aromatic hydroxyl groups is 1. The molecule has 1 aromatic heterocycles. The Balaban J connectivity index is 1.65. The van der Waals surface area contributed by atoms with Crippen molar-refractivity contribution in [1.82, 2.24) is 19.7 Å². The number of benzene rings is 1. The number of phenolic OH excluding ortho intramolecular Hbond substituents is 1. The van der Waals surface area contributed by atoms with Gasteiger partial charge in [-0.15, -0.1) is 10.2 Å². The van der Waals surface area contributed by atoms with Crippen LogP contribution in [0.2, 0.25) is 0 Å². The van der Waals surface area contributed by atoms with E-state index in [1.54, 1.807) is 24.3 Å². The largest absolute Gasteiger partial charge is 0.508 e. The summed E-state index contributed by atoms with van der Waals surface area (Å²) in [6.07, 6.45) is 3.42. The highest BCUT2D eigenvalue weighted by Crippen LogP contribution is 2.24. The average molecular weight is 332 g/mol. The second-order valence-corrected chi connectivity index (χ2v) is 6.58. The van der Waals surface area contributed by atoms with Crippen molar-refractivity contribution in [2.75, 3.05) is 18.8 Å². The minimum Gasteiger partial charge on any atom is -0.508 e. The van der Waals surface area contributed by atoms with Crippen molar-refractivity contribution in [1.29, 1.82) is 0 Å². The number of amides is 1. The van der Waals surface area contributed by atoms with Crippen molar-refractivity contribution in [2.45, 2.75) is 24.4 Å². The number of phenols is 1. The molecule has 0 aliphatic carbocycles. The molecule has 0 unspecified atom stereocenters. The Hall–Kier alpha value is -2.02. The molecule has 1 saturated heterocycles. The number of hydrogen-bond acceptors (Lipinski definition) is 5. The Kier molecular flexibility index (Phi) is 4.85. The van der Waals surface area contributed by atoms with Crippen LogP contribution in [0.5, 0.6) is 5.75 Å². The van der Waals surface area contributed by atoms with E-state index < -0.39 is 0 Å². The number of rotatable bonds is 4.